The first-order chi connectivity index (χ1) is 7.96. The second kappa shape index (κ2) is 4.80. The fraction of sp³-hybridized carbons (Fsp3) is 0.273. The van der Waals surface area contributed by atoms with Crippen LogP contribution >= 0.6 is 15.9 Å². The lowest BCUT2D eigenvalue weighted by Gasteiger charge is -2.11. The van der Waals surface area contributed by atoms with Crippen molar-refractivity contribution in [2.24, 2.45) is 0 Å². The minimum absolute atomic E-state index is 0.0851. The summed E-state index contributed by atoms with van der Waals surface area (Å²) in [7, 11) is -3.03. The Balaban J connectivity index is 1.99. The number of hydrogen-bond donors (Lipinski definition) is 2. The summed E-state index contributed by atoms with van der Waals surface area (Å²) in [4.78, 5) is 0. The van der Waals surface area contributed by atoms with Crippen molar-refractivity contribution in [1.82, 2.24) is 5.32 Å². The van der Waals surface area contributed by atoms with Crippen molar-refractivity contribution in [3.63, 3.8) is 0 Å². The van der Waals surface area contributed by atoms with Crippen LogP contribution in [0, 0.1) is 0 Å². The maximum atomic E-state index is 11.2. The normalized spacial score (nSPS) is 21.8. The van der Waals surface area contributed by atoms with E-state index >= 15 is 0 Å². The molecule has 1 atom stereocenters. The van der Waals surface area contributed by atoms with Gasteiger partial charge in [-0.25, -0.2) is 8.42 Å². The molecule has 1 heterocycles. The molecule has 0 saturated carbocycles. The van der Waals surface area contributed by atoms with Crippen LogP contribution in [-0.2, 0) is 16.4 Å². The summed E-state index contributed by atoms with van der Waals surface area (Å²) < 4.78 is 23.3. The van der Waals surface area contributed by atoms with Gasteiger partial charge >= 0.3 is 0 Å². The lowest BCUT2D eigenvalue weighted by Crippen LogP contribution is -2.29. The molecule has 1 aromatic rings. The molecule has 0 saturated heterocycles. The Bertz CT molecular complexity index is 554. The zero-order chi connectivity index (χ0) is 12.5. The Morgan fingerprint density at radius 1 is 1.47 bits per heavy atom. The summed E-state index contributed by atoms with van der Waals surface area (Å²) in [5, 5.41) is 13.9. The van der Waals surface area contributed by atoms with E-state index in [1.165, 1.54) is 5.41 Å². The van der Waals surface area contributed by atoms with Crippen molar-refractivity contribution in [3.05, 3.63) is 39.7 Å². The molecule has 2 rings (SSSR count). The predicted molar refractivity (Wildman–Crippen MR) is 69.4 cm³/mol. The minimum atomic E-state index is -3.03. The monoisotopic (exact) mass is 317 g/mol. The number of rotatable bonds is 3. The van der Waals surface area contributed by atoms with E-state index in [0.717, 1.165) is 10.0 Å². The fourth-order valence-corrected chi connectivity index (χ4v) is 3.32. The van der Waals surface area contributed by atoms with Crippen LogP contribution in [0.1, 0.15) is 5.56 Å². The number of phenols is 1. The van der Waals surface area contributed by atoms with E-state index < -0.39 is 9.84 Å². The molecular weight excluding hydrogens is 306 g/mol. The van der Waals surface area contributed by atoms with Gasteiger partial charge in [-0.2, -0.15) is 0 Å². The van der Waals surface area contributed by atoms with E-state index in [0.29, 0.717) is 6.54 Å². The molecular formula is C11H12BrNO3S. The molecule has 0 bridgehead atoms. The molecule has 17 heavy (non-hydrogen) atoms. The largest absolute Gasteiger partial charge is 0.508 e. The van der Waals surface area contributed by atoms with Gasteiger partial charge in [-0.15, -0.1) is 0 Å². The Kier molecular flexibility index (Phi) is 3.56. The molecule has 0 aromatic heterocycles. The Morgan fingerprint density at radius 3 is 2.88 bits per heavy atom. The maximum absolute atomic E-state index is 11.2. The highest BCUT2D eigenvalue weighted by Crippen LogP contribution is 2.22. The van der Waals surface area contributed by atoms with Crippen LogP contribution in [0.5, 0.6) is 5.75 Å². The van der Waals surface area contributed by atoms with Gasteiger partial charge in [-0.3, -0.25) is 0 Å². The zero-order valence-electron chi connectivity index (χ0n) is 8.93. The maximum Gasteiger partial charge on any atom is 0.173 e. The summed E-state index contributed by atoms with van der Waals surface area (Å²) in [6.45, 7) is 0.426. The number of hydrogen-bond acceptors (Lipinski definition) is 4. The van der Waals surface area contributed by atoms with Gasteiger partial charge in [0.25, 0.3) is 0 Å². The number of phenolic OH excluding ortho intramolecular Hbond substituents is 1. The van der Waals surface area contributed by atoms with E-state index in [4.69, 9.17) is 0 Å². The minimum Gasteiger partial charge on any atom is -0.508 e. The first-order valence-corrected chi connectivity index (χ1v) is 7.59. The van der Waals surface area contributed by atoms with Crippen molar-refractivity contribution >= 4 is 25.8 Å². The standard InChI is InChI=1S/C11H12BrNO3S/c12-9-1-2-11(14)8(5-9)6-13-10-3-4-17(15,16)7-10/h1-5,10,13-14H,6-7H2. The molecule has 92 valence electrons. The van der Waals surface area contributed by atoms with Gasteiger partial charge in [0.05, 0.1) is 5.75 Å². The summed E-state index contributed by atoms with van der Waals surface area (Å²) in [5.41, 5.74) is 0.733. The van der Waals surface area contributed by atoms with Gasteiger partial charge < -0.3 is 10.4 Å². The van der Waals surface area contributed by atoms with Gasteiger partial charge in [-0.05, 0) is 18.2 Å². The molecule has 4 nitrogen and oxygen atoms in total. The average molecular weight is 318 g/mol. The van der Waals surface area contributed by atoms with Gasteiger partial charge in [0.15, 0.2) is 9.84 Å². The quantitative estimate of drug-likeness (QED) is 0.887. The van der Waals surface area contributed by atoms with Crippen molar-refractivity contribution in [3.8, 4) is 5.75 Å². The molecule has 0 aliphatic carbocycles. The van der Waals surface area contributed by atoms with Crippen molar-refractivity contribution in [2.75, 3.05) is 5.75 Å². The number of halogens is 1. The Hall–Kier alpha value is -0.850. The molecule has 1 unspecified atom stereocenters. The molecule has 1 aromatic carbocycles. The lowest BCUT2D eigenvalue weighted by molar-refractivity contribution is 0.463. The summed E-state index contributed by atoms with van der Waals surface area (Å²) in [5.74, 6) is 0.285. The molecule has 0 amide bonds. The molecule has 0 radical (unpaired) electrons. The molecule has 6 heteroatoms. The number of benzene rings is 1. The Morgan fingerprint density at radius 2 is 2.24 bits per heavy atom. The fourth-order valence-electron chi connectivity index (χ4n) is 1.64. The smallest absolute Gasteiger partial charge is 0.173 e. The van der Waals surface area contributed by atoms with Crippen molar-refractivity contribution in [2.45, 2.75) is 12.6 Å². The van der Waals surface area contributed by atoms with Crippen LogP contribution in [0.25, 0.3) is 0 Å². The third kappa shape index (κ3) is 3.31. The SMILES string of the molecule is O=S1(=O)C=CC(NCc2cc(Br)ccc2O)C1. The van der Waals surface area contributed by atoms with Crippen LogP contribution in [0.3, 0.4) is 0 Å². The van der Waals surface area contributed by atoms with Crippen molar-refractivity contribution in [1.29, 1.82) is 0 Å². The topological polar surface area (TPSA) is 66.4 Å². The Labute approximate surface area is 108 Å². The van der Waals surface area contributed by atoms with Gasteiger partial charge in [0.1, 0.15) is 5.75 Å². The lowest BCUT2D eigenvalue weighted by atomic mass is 10.2. The third-order valence-corrected chi connectivity index (χ3v) is 4.42. The number of sulfone groups is 1. The van der Waals surface area contributed by atoms with Gasteiger partial charge in [0, 0.05) is 28.0 Å². The molecule has 1 aliphatic heterocycles. The van der Waals surface area contributed by atoms with Gasteiger partial charge in [0.2, 0.25) is 0 Å². The molecule has 1 aliphatic rings. The van der Waals surface area contributed by atoms with Gasteiger partial charge in [-0.1, -0.05) is 22.0 Å². The van der Waals surface area contributed by atoms with E-state index in [1.54, 1.807) is 24.3 Å². The molecule has 0 fully saturated rings. The van der Waals surface area contributed by atoms with Crippen LogP contribution in [0.2, 0.25) is 0 Å². The van der Waals surface area contributed by atoms with Crippen LogP contribution < -0.4 is 5.32 Å². The first kappa shape index (κ1) is 12.6. The highest BCUT2D eigenvalue weighted by Gasteiger charge is 2.21. The number of aromatic hydroxyl groups is 1. The summed E-state index contributed by atoms with van der Waals surface area (Å²) >= 11 is 3.32. The second-order valence-corrected chi connectivity index (χ2v) is 6.77. The first-order valence-electron chi connectivity index (χ1n) is 5.08. The summed E-state index contributed by atoms with van der Waals surface area (Å²) in [6.07, 6.45) is 1.63. The zero-order valence-corrected chi connectivity index (χ0v) is 11.3. The second-order valence-electron chi connectivity index (χ2n) is 3.92. The predicted octanol–water partition coefficient (Wildman–Crippen LogP) is 1.55. The third-order valence-electron chi connectivity index (χ3n) is 2.53. The van der Waals surface area contributed by atoms with Crippen LogP contribution in [0.15, 0.2) is 34.2 Å². The van der Waals surface area contributed by atoms with Crippen LogP contribution in [-0.4, -0.2) is 25.3 Å². The van der Waals surface area contributed by atoms with E-state index in [9.17, 15) is 13.5 Å². The molecule has 2 N–H and O–H groups in total. The number of nitrogens with one attached hydrogen (secondary N) is 1. The average Bonchev–Trinajstić information content (AvgIpc) is 2.60. The van der Waals surface area contributed by atoms with Crippen molar-refractivity contribution < 1.29 is 13.5 Å². The van der Waals surface area contributed by atoms with E-state index in [1.807, 2.05) is 0 Å². The summed E-state index contributed by atoms with van der Waals surface area (Å²) in [6, 6.07) is 4.97. The molecule has 0 spiro atoms. The van der Waals surface area contributed by atoms with Crippen LogP contribution in [0.4, 0.5) is 0 Å². The van der Waals surface area contributed by atoms with E-state index in [-0.39, 0.29) is 17.5 Å². The van der Waals surface area contributed by atoms with E-state index in [2.05, 4.69) is 21.2 Å². The highest BCUT2D eigenvalue weighted by molar-refractivity contribution is 9.10. The highest BCUT2D eigenvalue weighted by atomic mass is 79.9.